The maximum absolute atomic E-state index is 12.2. The second-order valence-corrected chi connectivity index (χ2v) is 8.92. The van der Waals surface area contributed by atoms with Crippen LogP contribution in [0, 0.1) is 0 Å². The van der Waals surface area contributed by atoms with Crippen molar-refractivity contribution in [3.63, 3.8) is 0 Å². The van der Waals surface area contributed by atoms with Gasteiger partial charge < -0.3 is 25.2 Å². The van der Waals surface area contributed by atoms with Gasteiger partial charge in [-0.2, -0.15) is 0 Å². The van der Waals surface area contributed by atoms with Gasteiger partial charge in [0.05, 0.1) is 24.4 Å². The van der Waals surface area contributed by atoms with E-state index in [-0.39, 0.29) is 12.8 Å². The fraction of sp³-hybridized carbons (Fsp3) is 0.875. The Morgan fingerprint density at radius 1 is 0.900 bits per heavy atom. The van der Waals surface area contributed by atoms with Gasteiger partial charge in [0, 0.05) is 12.5 Å². The van der Waals surface area contributed by atoms with Crippen LogP contribution < -0.4 is 0 Å². The molecule has 1 aliphatic rings. The lowest BCUT2D eigenvalue weighted by atomic mass is 10.00. The summed E-state index contributed by atoms with van der Waals surface area (Å²) in [6.45, 7) is 1.62. The zero-order valence-corrected chi connectivity index (χ0v) is 18.8. The molecule has 6 nitrogen and oxygen atoms in total. The Labute approximate surface area is 182 Å². The second kappa shape index (κ2) is 16.7. The van der Waals surface area contributed by atoms with E-state index in [1.54, 1.807) is 6.92 Å². The van der Waals surface area contributed by atoms with Crippen LogP contribution in [-0.4, -0.2) is 56.9 Å². The standard InChI is InChI=1S/C24H44O6/c1-19(25)17-20(26)18-21-13-11-9-7-5-3-2-4-6-8-10-12-14-22(27)23(28)15-16-24(29)30-21/h15-16,19-23,25-28H,2-14,17-18H2,1H3. The van der Waals surface area contributed by atoms with Crippen LogP contribution in [0.3, 0.4) is 0 Å². The maximum atomic E-state index is 12.2. The van der Waals surface area contributed by atoms with Crippen molar-refractivity contribution >= 4 is 5.97 Å². The number of esters is 1. The first-order chi connectivity index (χ1) is 14.4. The Morgan fingerprint density at radius 2 is 1.40 bits per heavy atom. The number of cyclic esters (lactones) is 1. The summed E-state index contributed by atoms with van der Waals surface area (Å²) in [7, 11) is 0. The van der Waals surface area contributed by atoms with Crippen molar-refractivity contribution in [2.24, 2.45) is 0 Å². The van der Waals surface area contributed by atoms with Gasteiger partial charge in [-0.15, -0.1) is 0 Å². The summed E-state index contributed by atoms with van der Waals surface area (Å²) < 4.78 is 5.51. The summed E-state index contributed by atoms with van der Waals surface area (Å²) in [5, 5.41) is 39.7. The molecular weight excluding hydrogens is 384 g/mol. The number of hydrogen-bond acceptors (Lipinski definition) is 6. The first-order valence-electron chi connectivity index (χ1n) is 12.0. The van der Waals surface area contributed by atoms with Crippen LogP contribution >= 0.6 is 0 Å². The Hall–Kier alpha value is -0.950. The first-order valence-corrected chi connectivity index (χ1v) is 12.0. The minimum atomic E-state index is -1.09. The molecule has 1 aliphatic heterocycles. The van der Waals surface area contributed by atoms with E-state index < -0.39 is 36.5 Å². The average Bonchev–Trinajstić information content (AvgIpc) is 2.67. The monoisotopic (exact) mass is 428 g/mol. The van der Waals surface area contributed by atoms with Crippen molar-refractivity contribution < 1.29 is 30.0 Å². The molecule has 0 saturated heterocycles. The lowest BCUT2D eigenvalue weighted by Crippen LogP contribution is -2.26. The quantitative estimate of drug-likeness (QED) is 0.508. The van der Waals surface area contributed by atoms with Crippen molar-refractivity contribution in [3.05, 3.63) is 12.2 Å². The van der Waals surface area contributed by atoms with Crippen molar-refractivity contribution in [3.8, 4) is 0 Å². The molecule has 0 radical (unpaired) electrons. The van der Waals surface area contributed by atoms with Gasteiger partial charge in [-0.1, -0.05) is 64.2 Å². The molecule has 30 heavy (non-hydrogen) atoms. The number of carbonyl (C=O) groups is 1. The predicted molar refractivity (Wildman–Crippen MR) is 118 cm³/mol. The normalized spacial score (nSPS) is 29.0. The molecule has 0 saturated carbocycles. The molecule has 176 valence electrons. The number of aliphatic hydroxyl groups excluding tert-OH is 4. The third-order valence-electron chi connectivity index (χ3n) is 5.78. The molecule has 0 aromatic rings. The summed E-state index contributed by atoms with van der Waals surface area (Å²) in [4.78, 5) is 12.2. The fourth-order valence-corrected chi connectivity index (χ4v) is 4.01. The van der Waals surface area contributed by atoms with Crippen molar-refractivity contribution in [1.29, 1.82) is 0 Å². The molecule has 0 aromatic heterocycles. The zero-order chi connectivity index (χ0) is 22.2. The van der Waals surface area contributed by atoms with E-state index >= 15 is 0 Å². The second-order valence-electron chi connectivity index (χ2n) is 8.92. The number of hydrogen-bond donors (Lipinski definition) is 4. The van der Waals surface area contributed by atoms with Crippen molar-refractivity contribution in [2.75, 3.05) is 0 Å². The summed E-state index contributed by atoms with van der Waals surface area (Å²) in [6.07, 6.45) is 12.9. The van der Waals surface area contributed by atoms with Gasteiger partial charge in [0.15, 0.2) is 0 Å². The van der Waals surface area contributed by atoms with E-state index in [4.69, 9.17) is 4.74 Å². The number of carbonyl (C=O) groups excluding carboxylic acids is 1. The van der Waals surface area contributed by atoms with Gasteiger partial charge in [0.2, 0.25) is 0 Å². The molecule has 0 aliphatic carbocycles. The molecule has 5 atom stereocenters. The molecule has 0 fully saturated rings. The van der Waals surface area contributed by atoms with Crippen LogP contribution in [-0.2, 0) is 9.53 Å². The average molecular weight is 429 g/mol. The topological polar surface area (TPSA) is 107 Å². The predicted octanol–water partition coefficient (Wildman–Crippen LogP) is 3.78. The van der Waals surface area contributed by atoms with E-state index in [2.05, 4.69) is 0 Å². The molecule has 0 spiro atoms. The molecule has 5 unspecified atom stereocenters. The Kier molecular flexibility index (Phi) is 15.1. The third-order valence-corrected chi connectivity index (χ3v) is 5.78. The van der Waals surface area contributed by atoms with Crippen LogP contribution in [0.5, 0.6) is 0 Å². The fourth-order valence-electron chi connectivity index (χ4n) is 4.01. The van der Waals surface area contributed by atoms with Crippen molar-refractivity contribution in [2.45, 2.75) is 134 Å². The van der Waals surface area contributed by atoms with Gasteiger partial charge in [0.1, 0.15) is 6.10 Å². The third kappa shape index (κ3) is 14.1. The zero-order valence-electron chi connectivity index (χ0n) is 18.8. The first kappa shape index (κ1) is 27.1. The largest absolute Gasteiger partial charge is 0.459 e. The highest BCUT2D eigenvalue weighted by Crippen LogP contribution is 2.18. The lowest BCUT2D eigenvalue weighted by molar-refractivity contribution is -0.145. The van der Waals surface area contributed by atoms with E-state index in [1.807, 2.05) is 0 Å². The van der Waals surface area contributed by atoms with Gasteiger partial charge >= 0.3 is 5.97 Å². The molecule has 1 heterocycles. The summed E-state index contributed by atoms with van der Waals surface area (Å²) in [6, 6.07) is 0. The SMILES string of the molecule is CC(O)CC(O)CC1CCCCCCCCCCCCCC(O)C(O)C=CC(=O)O1. The van der Waals surface area contributed by atoms with E-state index in [0.717, 1.165) is 32.1 Å². The highest BCUT2D eigenvalue weighted by Gasteiger charge is 2.20. The molecule has 0 bridgehead atoms. The van der Waals surface area contributed by atoms with E-state index in [0.29, 0.717) is 12.8 Å². The number of ether oxygens (including phenoxy) is 1. The van der Waals surface area contributed by atoms with Gasteiger partial charge in [0.25, 0.3) is 0 Å². The molecule has 1 rings (SSSR count). The molecule has 4 N–H and O–H groups in total. The summed E-state index contributed by atoms with van der Waals surface area (Å²) >= 11 is 0. The molecule has 6 heteroatoms. The molecule has 0 amide bonds. The van der Waals surface area contributed by atoms with Gasteiger partial charge in [-0.05, 0) is 38.7 Å². The summed E-state index contributed by atoms with van der Waals surface area (Å²) in [5.41, 5.74) is 0. The Bertz CT molecular complexity index is 465. The van der Waals surface area contributed by atoms with Crippen LogP contribution in [0.4, 0.5) is 0 Å². The molecular formula is C24H44O6. The van der Waals surface area contributed by atoms with E-state index in [1.165, 1.54) is 50.7 Å². The molecule has 0 aromatic carbocycles. The van der Waals surface area contributed by atoms with Crippen LogP contribution in [0.25, 0.3) is 0 Å². The number of rotatable bonds is 4. The highest BCUT2D eigenvalue weighted by atomic mass is 16.5. The smallest absolute Gasteiger partial charge is 0.330 e. The Morgan fingerprint density at radius 3 is 1.93 bits per heavy atom. The minimum Gasteiger partial charge on any atom is -0.459 e. The summed E-state index contributed by atoms with van der Waals surface area (Å²) in [5.74, 6) is -0.579. The van der Waals surface area contributed by atoms with Crippen LogP contribution in [0.1, 0.15) is 103 Å². The Balaban J connectivity index is 2.64. The van der Waals surface area contributed by atoms with E-state index in [9.17, 15) is 25.2 Å². The minimum absolute atomic E-state index is 0.245. The van der Waals surface area contributed by atoms with Gasteiger partial charge in [-0.25, -0.2) is 4.79 Å². The highest BCUT2D eigenvalue weighted by molar-refractivity contribution is 5.82. The van der Waals surface area contributed by atoms with Crippen LogP contribution in [0.15, 0.2) is 12.2 Å². The van der Waals surface area contributed by atoms with Crippen LogP contribution in [0.2, 0.25) is 0 Å². The van der Waals surface area contributed by atoms with Crippen molar-refractivity contribution in [1.82, 2.24) is 0 Å². The number of aliphatic hydroxyl groups is 4. The van der Waals surface area contributed by atoms with Gasteiger partial charge in [-0.3, -0.25) is 0 Å². The maximum Gasteiger partial charge on any atom is 0.330 e. The lowest BCUT2D eigenvalue weighted by Gasteiger charge is -2.21.